The maximum Gasteiger partial charge on any atom is 0.334 e. The average molecular weight is 214 g/mol. The number of ether oxygens (including phenoxy) is 2. The van der Waals surface area contributed by atoms with Gasteiger partial charge in [-0.2, -0.15) is 0 Å². The third-order valence-corrected chi connectivity index (χ3v) is 1.63. The Bertz CT molecular complexity index is 243. The highest BCUT2D eigenvalue weighted by atomic mass is 16.5. The first-order valence-corrected chi connectivity index (χ1v) is 5.17. The molecule has 0 amide bonds. The van der Waals surface area contributed by atoms with Crippen molar-refractivity contribution in [2.75, 3.05) is 13.2 Å². The summed E-state index contributed by atoms with van der Waals surface area (Å²) in [5.41, 5.74) is 0.373. The molecule has 15 heavy (non-hydrogen) atoms. The molecule has 0 unspecified atom stereocenters. The third-order valence-electron chi connectivity index (χ3n) is 1.63. The van der Waals surface area contributed by atoms with Crippen molar-refractivity contribution in [3.63, 3.8) is 0 Å². The molecule has 4 nitrogen and oxygen atoms in total. The van der Waals surface area contributed by atoms with Crippen LogP contribution in [0.4, 0.5) is 0 Å². The molecule has 0 rings (SSSR count). The van der Waals surface area contributed by atoms with Crippen LogP contribution in [0, 0.1) is 0 Å². The summed E-state index contributed by atoms with van der Waals surface area (Å²) in [6.45, 7) is 5.98. The Morgan fingerprint density at radius 1 is 1.07 bits per heavy atom. The van der Waals surface area contributed by atoms with Crippen LogP contribution in [-0.4, -0.2) is 25.2 Å². The summed E-state index contributed by atoms with van der Waals surface area (Å²) < 4.78 is 9.58. The Morgan fingerprint density at radius 3 is 2.13 bits per heavy atom. The first-order chi connectivity index (χ1) is 7.15. The van der Waals surface area contributed by atoms with E-state index in [1.165, 1.54) is 0 Å². The zero-order valence-electron chi connectivity index (χ0n) is 9.54. The van der Waals surface area contributed by atoms with Gasteiger partial charge >= 0.3 is 11.9 Å². The summed E-state index contributed by atoms with van der Waals surface area (Å²) >= 11 is 0. The van der Waals surface area contributed by atoms with Crippen molar-refractivity contribution in [2.24, 2.45) is 0 Å². The summed E-state index contributed by atoms with van der Waals surface area (Å²) in [4.78, 5) is 22.5. The van der Waals surface area contributed by atoms with E-state index in [0.717, 1.165) is 0 Å². The number of esters is 2. The third kappa shape index (κ3) is 5.88. The van der Waals surface area contributed by atoms with E-state index in [1.807, 2.05) is 6.92 Å². The van der Waals surface area contributed by atoms with Gasteiger partial charge in [-0.25, -0.2) is 4.79 Å². The van der Waals surface area contributed by atoms with Crippen LogP contribution in [-0.2, 0) is 19.1 Å². The summed E-state index contributed by atoms with van der Waals surface area (Å²) in [6, 6.07) is 0. The molecule has 0 aliphatic carbocycles. The van der Waals surface area contributed by atoms with Crippen LogP contribution in [0.2, 0.25) is 0 Å². The SMILES string of the molecule is CC/C=C(/CC(=O)OCC)C(=O)OCC. The summed E-state index contributed by atoms with van der Waals surface area (Å²) in [6.07, 6.45) is 2.36. The van der Waals surface area contributed by atoms with E-state index in [1.54, 1.807) is 19.9 Å². The van der Waals surface area contributed by atoms with Gasteiger partial charge in [-0.05, 0) is 20.3 Å². The average Bonchev–Trinajstić information content (AvgIpc) is 2.18. The van der Waals surface area contributed by atoms with Gasteiger partial charge < -0.3 is 9.47 Å². The van der Waals surface area contributed by atoms with Crippen molar-refractivity contribution >= 4 is 11.9 Å². The fourth-order valence-electron chi connectivity index (χ4n) is 1.07. The standard InChI is InChI=1S/C11H18O4/c1-4-7-9(11(13)15-6-3)8-10(12)14-5-2/h7H,4-6,8H2,1-3H3/b9-7-. The predicted molar refractivity (Wildman–Crippen MR) is 56.3 cm³/mol. The van der Waals surface area contributed by atoms with E-state index in [0.29, 0.717) is 25.2 Å². The van der Waals surface area contributed by atoms with Gasteiger partial charge in [0.25, 0.3) is 0 Å². The molecular formula is C11H18O4. The monoisotopic (exact) mass is 214 g/mol. The molecule has 4 heteroatoms. The van der Waals surface area contributed by atoms with Crippen molar-refractivity contribution in [1.82, 2.24) is 0 Å². The van der Waals surface area contributed by atoms with Crippen molar-refractivity contribution in [2.45, 2.75) is 33.6 Å². The molecule has 0 radical (unpaired) electrons. The predicted octanol–water partition coefficient (Wildman–Crippen LogP) is 1.84. The first-order valence-electron chi connectivity index (χ1n) is 5.17. The summed E-state index contributed by atoms with van der Waals surface area (Å²) in [5, 5.41) is 0. The summed E-state index contributed by atoms with van der Waals surface area (Å²) in [5.74, 6) is -0.836. The Balaban J connectivity index is 4.34. The molecule has 0 aromatic rings. The van der Waals surface area contributed by atoms with Gasteiger partial charge in [0.15, 0.2) is 0 Å². The lowest BCUT2D eigenvalue weighted by molar-refractivity contribution is -0.145. The molecule has 0 heterocycles. The minimum atomic E-state index is -0.438. The zero-order valence-corrected chi connectivity index (χ0v) is 9.54. The Kier molecular flexibility index (Phi) is 7.32. The highest BCUT2D eigenvalue weighted by molar-refractivity contribution is 5.93. The fraction of sp³-hybridized carbons (Fsp3) is 0.636. The quantitative estimate of drug-likeness (QED) is 0.500. The molecule has 0 bridgehead atoms. The lowest BCUT2D eigenvalue weighted by Gasteiger charge is -2.06. The van der Waals surface area contributed by atoms with Crippen molar-refractivity contribution in [3.05, 3.63) is 11.6 Å². The maximum atomic E-state index is 11.4. The minimum Gasteiger partial charge on any atom is -0.466 e. The Labute approximate surface area is 90.2 Å². The van der Waals surface area contributed by atoms with Crippen LogP contribution in [0.15, 0.2) is 11.6 Å². The molecule has 0 aliphatic rings. The molecule has 0 aromatic heterocycles. The van der Waals surface area contributed by atoms with E-state index < -0.39 is 11.9 Å². The van der Waals surface area contributed by atoms with Crippen LogP contribution in [0.25, 0.3) is 0 Å². The molecule has 0 fully saturated rings. The lowest BCUT2D eigenvalue weighted by atomic mass is 10.1. The summed E-state index contributed by atoms with van der Waals surface area (Å²) in [7, 11) is 0. The van der Waals surface area contributed by atoms with Crippen LogP contribution < -0.4 is 0 Å². The van der Waals surface area contributed by atoms with Crippen LogP contribution in [0.3, 0.4) is 0 Å². The topological polar surface area (TPSA) is 52.6 Å². The van der Waals surface area contributed by atoms with Gasteiger partial charge in [0.05, 0.1) is 19.6 Å². The smallest absolute Gasteiger partial charge is 0.334 e. The second kappa shape index (κ2) is 8.03. The number of hydrogen-bond acceptors (Lipinski definition) is 4. The molecule has 0 aliphatic heterocycles. The zero-order chi connectivity index (χ0) is 11.7. The number of hydrogen-bond donors (Lipinski definition) is 0. The van der Waals surface area contributed by atoms with Gasteiger partial charge in [-0.3, -0.25) is 4.79 Å². The highest BCUT2D eigenvalue weighted by Crippen LogP contribution is 2.07. The van der Waals surface area contributed by atoms with E-state index in [9.17, 15) is 9.59 Å². The number of carbonyl (C=O) groups is 2. The largest absolute Gasteiger partial charge is 0.466 e. The minimum absolute atomic E-state index is 0.0134. The van der Waals surface area contributed by atoms with Crippen molar-refractivity contribution in [3.8, 4) is 0 Å². The van der Waals surface area contributed by atoms with E-state index in [4.69, 9.17) is 9.47 Å². The Hall–Kier alpha value is -1.32. The molecule has 0 atom stereocenters. The normalized spacial score (nSPS) is 11.0. The number of allylic oxidation sites excluding steroid dienone is 1. The molecular weight excluding hydrogens is 196 g/mol. The van der Waals surface area contributed by atoms with E-state index in [-0.39, 0.29) is 6.42 Å². The first kappa shape index (κ1) is 13.7. The number of rotatable bonds is 6. The fourth-order valence-corrected chi connectivity index (χ4v) is 1.07. The van der Waals surface area contributed by atoms with Crippen molar-refractivity contribution in [1.29, 1.82) is 0 Å². The van der Waals surface area contributed by atoms with Crippen LogP contribution in [0.5, 0.6) is 0 Å². The van der Waals surface area contributed by atoms with Crippen LogP contribution >= 0.6 is 0 Å². The van der Waals surface area contributed by atoms with Crippen LogP contribution in [0.1, 0.15) is 33.6 Å². The second-order valence-electron chi connectivity index (χ2n) is 2.84. The van der Waals surface area contributed by atoms with Gasteiger partial charge in [0, 0.05) is 5.57 Å². The van der Waals surface area contributed by atoms with Crippen molar-refractivity contribution < 1.29 is 19.1 Å². The molecule has 86 valence electrons. The molecule has 0 aromatic carbocycles. The van der Waals surface area contributed by atoms with Gasteiger partial charge in [-0.15, -0.1) is 0 Å². The molecule has 0 spiro atoms. The molecule has 0 N–H and O–H groups in total. The van der Waals surface area contributed by atoms with Gasteiger partial charge in [0.1, 0.15) is 0 Å². The molecule has 0 saturated heterocycles. The Morgan fingerprint density at radius 2 is 1.67 bits per heavy atom. The molecule has 0 saturated carbocycles. The van der Waals surface area contributed by atoms with Gasteiger partial charge in [0.2, 0.25) is 0 Å². The second-order valence-corrected chi connectivity index (χ2v) is 2.84. The van der Waals surface area contributed by atoms with E-state index in [2.05, 4.69) is 0 Å². The lowest BCUT2D eigenvalue weighted by Crippen LogP contribution is -2.13. The maximum absolute atomic E-state index is 11.4. The van der Waals surface area contributed by atoms with E-state index >= 15 is 0 Å². The van der Waals surface area contributed by atoms with Gasteiger partial charge in [-0.1, -0.05) is 13.0 Å². The number of carbonyl (C=O) groups excluding carboxylic acids is 2. The highest BCUT2D eigenvalue weighted by Gasteiger charge is 2.14.